The first-order valence-corrected chi connectivity index (χ1v) is 6.21. The van der Waals surface area contributed by atoms with E-state index in [1.165, 1.54) is 0 Å². The third kappa shape index (κ3) is 1.60. The molecule has 2 heterocycles. The Morgan fingerprint density at radius 2 is 2.00 bits per heavy atom. The average Bonchev–Trinajstić information content (AvgIpc) is 2.87. The zero-order valence-corrected chi connectivity index (χ0v) is 10.9. The first-order valence-electron chi connectivity index (χ1n) is 5.42. The molecule has 0 atom stereocenters. The van der Waals surface area contributed by atoms with Crippen molar-refractivity contribution < 1.29 is 0 Å². The van der Waals surface area contributed by atoms with Crippen LogP contribution in [0.15, 0.2) is 53.3 Å². The second-order valence-corrected chi connectivity index (χ2v) is 4.70. The SMILES string of the molecule is N#Cc1cccn1-c1nccc2c(Br)cccc12. The molecule has 3 nitrogen and oxygen atoms in total. The topological polar surface area (TPSA) is 41.6 Å². The lowest BCUT2D eigenvalue weighted by Gasteiger charge is -2.08. The first-order chi connectivity index (χ1) is 8.81. The summed E-state index contributed by atoms with van der Waals surface area (Å²) in [6.45, 7) is 0. The van der Waals surface area contributed by atoms with Gasteiger partial charge in [-0.05, 0) is 24.3 Å². The highest BCUT2D eigenvalue weighted by Crippen LogP contribution is 2.27. The van der Waals surface area contributed by atoms with Gasteiger partial charge in [-0.2, -0.15) is 5.26 Å². The molecular formula is C14H8BrN3. The fourth-order valence-electron chi connectivity index (χ4n) is 2.00. The minimum Gasteiger partial charge on any atom is -0.292 e. The number of nitriles is 1. The van der Waals surface area contributed by atoms with Crippen molar-refractivity contribution >= 4 is 26.7 Å². The van der Waals surface area contributed by atoms with Gasteiger partial charge in [0.25, 0.3) is 0 Å². The second-order valence-electron chi connectivity index (χ2n) is 3.84. The maximum Gasteiger partial charge on any atom is 0.145 e. The molecule has 3 rings (SSSR count). The average molecular weight is 298 g/mol. The Morgan fingerprint density at radius 3 is 2.83 bits per heavy atom. The number of halogens is 1. The summed E-state index contributed by atoms with van der Waals surface area (Å²) < 4.78 is 2.82. The zero-order valence-electron chi connectivity index (χ0n) is 9.34. The largest absolute Gasteiger partial charge is 0.292 e. The van der Waals surface area contributed by atoms with Crippen molar-refractivity contribution in [2.75, 3.05) is 0 Å². The number of fused-ring (bicyclic) bond motifs is 1. The molecule has 0 saturated heterocycles. The molecule has 0 aliphatic carbocycles. The Kier molecular flexibility index (Phi) is 2.62. The van der Waals surface area contributed by atoms with Gasteiger partial charge in [0.15, 0.2) is 0 Å². The lowest BCUT2D eigenvalue weighted by Crippen LogP contribution is -1.99. The molecule has 0 aliphatic rings. The van der Waals surface area contributed by atoms with Crippen LogP contribution in [0.25, 0.3) is 16.6 Å². The van der Waals surface area contributed by atoms with E-state index in [1.807, 2.05) is 36.5 Å². The van der Waals surface area contributed by atoms with E-state index in [-0.39, 0.29) is 0 Å². The molecule has 0 bridgehead atoms. The molecule has 0 aliphatic heterocycles. The summed E-state index contributed by atoms with van der Waals surface area (Å²) in [4.78, 5) is 4.39. The highest BCUT2D eigenvalue weighted by molar-refractivity contribution is 9.10. The predicted molar refractivity (Wildman–Crippen MR) is 73.5 cm³/mol. The molecule has 1 aromatic carbocycles. The fourth-order valence-corrected chi connectivity index (χ4v) is 2.50. The standard InChI is InChI=1S/C14H8BrN3/c15-13-5-1-4-12-11(13)6-7-17-14(12)18-8-2-3-10(18)9-16/h1-8H. The van der Waals surface area contributed by atoms with E-state index in [4.69, 9.17) is 5.26 Å². The van der Waals surface area contributed by atoms with Crippen LogP contribution < -0.4 is 0 Å². The smallest absolute Gasteiger partial charge is 0.145 e. The van der Waals surface area contributed by atoms with E-state index >= 15 is 0 Å². The van der Waals surface area contributed by atoms with Gasteiger partial charge < -0.3 is 0 Å². The summed E-state index contributed by atoms with van der Waals surface area (Å²) in [7, 11) is 0. The number of pyridine rings is 1. The van der Waals surface area contributed by atoms with Crippen LogP contribution in [0.1, 0.15) is 5.69 Å². The van der Waals surface area contributed by atoms with Gasteiger partial charge in [-0.15, -0.1) is 0 Å². The molecular weight excluding hydrogens is 290 g/mol. The molecule has 0 unspecified atom stereocenters. The van der Waals surface area contributed by atoms with Crippen LogP contribution in [0.2, 0.25) is 0 Å². The van der Waals surface area contributed by atoms with Gasteiger partial charge in [-0.25, -0.2) is 4.98 Å². The van der Waals surface area contributed by atoms with Crippen LogP contribution in [0, 0.1) is 11.3 Å². The summed E-state index contributed by atoms with van der Waals surface area (Å²) in [5.41, 5.74) is 0.579. The van der Waals surface area contributed by atoms with Crippen molar-refractivity contribution in [1.29, 1.82) is 5.26 Å². The number of nitrogens with zero attached hydrogens (tertiary/aromatic N) is 3. The number of rotatable bonds is 1. The van der Waals surface area contributed by atoms with E-state index in [0.29, 0.717) is 5.69 Å². The Balaban J connectivity index is 2.38. The van der Waals surface area contributed by atoms with Crippen molar-refractivity contribution in [3.05, 3.63) is 59.0 Å². The maximum absolute atomic E-state index is 9.09. The van der Waals surface area contributed by atoms with Gasteiger partial charge >= 0.3 is 0 Å². The molecule has 2 aromatic heterocycles. The molecule has 4 heteroatoms. The minimum atomic E-state index is 0.579. The molecule has 86 valence electrons. The van der Waals surface area contributed by atoms with Crippen molar-refractivity contribution in [3.8, 4) is 11.9 Å². The normalized spacial score (nSPS) is 10.4. The highest BCUT2D eigenvalue weighted by Gasteiger charge is 2.09. The summed E-state index contributed by atoms with van der Waals surface area (Å²) in [5.74, 6) is 0.773. The summed E-state index contributed by atoms with van der Waals surface area (Å²) in [5, 5.41) is 11.2. The van der Waals surface area contributed by atoms with Gasteiger partial charge in [0.2, 0.25) is 0 Å². The number of hydrogen-bond donors (Lipinski definition) is 0. The summed E-state index contributed by atoms with van der Waals surface area (Å²) >= 11 is 3.53. The lowest BCUT2D eigenvalue weighted by atomic mass is 10.1. The Bertz CT molecular complexity index is 768. The van der Waals surface area contributed by atoms with Crippen LogP contribution in [-0.2, 0) is 0 Å². The van der Waals surface area contributed by atoms with E-state index in [2.05, 4.69) is 27.0 Å². The maximum atomic E-state index is 9.09. The monoisotopic (exact) mass is 297 g/mol. The molecule has 0 spiro atoms. The molecule has 18 heavy (non-hydrogen) atoms. The Labute approximate surface area is 112 Å². The van der Waals surface area contributed by atoms with Crippen LogP contribution in [0.3, 0.4) is 0 Å². The summed E-state index contributed by atoms with van der Waals surface area (Å²) in [6, 6.07) is 13.7. The van der Waals surface area contributed by atoms with Crippen molar-refractivity contribution in [2.24, 2.45) is 0 Å². The van der Waals surface area contributed by atoms with Crippen molar-refractivity contribution in [3.63, 3.8) is 0 Å². The molecule has 0 saturated carbocycles. The molecule has 0 fully saturated rings. The molecule has 0 N–H and O–H groups in total. The van der Waals surface area contributed by atoms with Gasteiger partial charge in [-0.1, -0.05) is 28.1 Å². The zero-order chi connectivity index (χ0) is 12.5. The fraction of sp³-hybridized carbons (Fsp3) is 0. The van der Waals surface area contributed by atoms with Crippen LogP contribution in [0.4, 0.5) is 0 Å². The summed E-state index contributed by atoms with van der Waals surface area (Å²) in [6.07, 6.45) is 3.60. The molecule has 0 amide bonds. The quantitative estimate of drug-likeness (QED) is 0.688. The third-order valence-corrected chi connectivity index (χ3v) is 3.51. The first kappa shape index (κ1) is 11.0. The van der Waals surface area contributed by atoms with Crippen LogP contribution in [0.5, 0.6) is 0 Å². The van der Waals surface area contributed by atoms with Gasteiger partial charge in [0, 0.05) is 27.6 Å². The van der Waals surface area contributed by atoms with Gasteiger partial charge in [0.1, 0.15) is 17.6 Å². The number of benzene rings is 1. The number of aromatic nitrogens is 2. The Morgan fingerprint density at radius 1 is 1.11 bits per heavy atom. The van der Waals surface area contributed by atoms with E-state index in [1.54, 1.807) is 16.8 Å². The molecule has 0 radical (unpaired) electrons. The van der Waals surface area contributed by atoms with Gasteiger partial charge in [-0.3, -0.25) is 4.57 Å². The van der Waals surface area contributed by atoms with Gasteiger partial charge in [0.05, 0.1) is 0 Å². The van der Waals surface area contributed by atoms with Crippen LogP contribution >= 0.6 is 15.9 Å². The predicted octanol–water partition coefficient (Wildman–Crippen LogP) is 3.66. The molecule has 3 aromatic rings. The number of hydrogen-bond acceptors (Lipinski definition) is 2. The van der Waals surface area contributed by atoms with Crippen LogP contribution in [-0.4, -0.2) is 9.55 Å². The van der Waals surface area contributed by atoms with E-state index < -0.39 is 0 Å². The van der Waals surface area contributed by atoms with E-state index in [9.17, 15) is 0 Å². The third-order valence-electron chi connectivity index (χ3n) is 2.82. The Hall–Kier alpha value is -2.12. The van der Waals surface area contributed by atoms with Crippen molar-refractivity contribution in [2.45, 2.75) is 0 Å². The highest BCUT2D eigenvalue weighted by atomic mass is 79.9. The lowest BCUT2D eigenvalue weighted by molar-refractivity contribution is 1.00. The van der Waals surface area contributed by atoms with E-state index in [0.717, 1.165) is 21.1 Å². The minimum absolute atomic E-state index is 0.579. The second kappa shape index (κ2) is 4.28. The van der Waals surface area contributed by atoms with Crippen molar-refractivity contribution in [1.82, 2.24) is 9.55 Å².